The van der Waals surface area contributed by atoms with Crippen molar-refractivity contribution in [2.75, 3.05) is 18.0 Å². The molecule has 15 heavy (non-hydrogen) atoms. The molecule has 0 radical (unpaired) electrons. The van der Waals surface area contributed by atoms with E-state index in [1.54, 1.807) is 6.07 Å². The van der Waals surface area contributed by atoms with Crippen LogP contribution < -0.4 is 15.9 Å². The second-order valence-corrected chi connectivity index (χ2v) is 3.21. The first-order chi connectivity index (χ1) is 7.08. The minimum Gasteiger partial charge on any atom is -0.423 e. The molecule has 0 aromatic carbocycles. The fourth-order valence-corrected chi connectivity index (χ4v) is 1.43. The normalized spacial score (nSPS) is 10.1. The third-order valence-electron chi connectivity index (χ3n) is 2.25. The van der Waals surface area contributed by atoms with Gasteiger partial charge in [0.05, 0.1) is 0 Å². The molecule has 0 amide bonds. The summed E-state index contributed by atoms with van der Waals surface area (Å²) in [7, 11) is -1.61. The van der Waals surface area contributed by atoms with Crippen LogP contribution in [0.15, 0.2) is 16.9 Å². The van der Waals surface area contributed by atoms with E-state index < -0.39 is 7.12 Å². The first-order valence-corrected chi connectivity index (χ1v) is 4.93. The second kappa shape index (κ2) is 5.00. The van der Waals surface area contributed by atoms with Gasteiger partial charge in [-0.3, -0.25) is 4.79 Å². The minimum atomic E-state index is -1.61. The highest BCUT2D eigenvalue weighted by Gasteiger charge is 2.14. The van der Waals surface area contributed by atoms with E-state index in [4.69, 9.17) is 10.0 Å². The van der Waals surface area contributed by atoms with Crippen LogP contribution in [0.2, 0.25) is 0 Å². The summed E-state index contributed by atoms with van der Waals surface area (Å²) >= 11 is 0. The molecular weight excluding hydrogens is 195 g/mol. The molecule has 0 spiro atoms. The van der Waals surface area contributed by atoms with Crippen LogP contribution in [0, 0.1) is 0 Å². The van der Waals surface area contributed by atoms with Crippen LogP contribution in [0.5, 0.6) is 0 Å². The third kappa shape index (κ3) is 2.84. The molecule has 0 aliphatic carbocycles. The fourth-order valence-electron chi connectivity index (χ4n) is 1.43. The van der Waals surface area contributed by atoms with Gasteiger partial charge in [-0.25, -0.2) is 0 Å². The lowest BCUT2D eigenvalue weighted by Gasteiger charge is -2.20. The van der Waals surface area contributed by atoms with Crippen molar-refractivity contribution in [2.24, 2.45) is 0 Å². The van der Waals surface area contributed by atoms with Crippen molar-refractivity contribution in [3.8, 4) is 0 Å². The van der Waals surface area contributed by atoms with Crippen LogP contribution in [0.4, 0.5) is 5.82 Å². The van der Waals surface area contributed by atoms with Crippen molar-refractivity contribution in [3.05, 3.63) is 22.5 Å². The smallest absolute Gasteiger partial charge is 0.423 e. The predicted octanol–water partition coefficient (Wildman–Crippen LogP) is -1.10. The molecule has 0 bridgehead atoms. The van der Waals surface area contributed by atoms with Crippen molar-refractivity contribution in [1.82, 2.24) is 4.98 Å². The maximum atomic E-state index is 11.2. The highest BCUT2D eigenvalue weighted by Crippen LogP contribution is 2.05. The lowest BCUT2D eigenvalue weighted by Crippen LogP contribution is -2.35. The lowest BCUT2D eigenvalue weighted by molar-refractivity contribution is 0.425. The van der Waals surface area contributed by atoms with E-state index in [0.29, 0.717) is 5.82 Å². The Morgan fingerprint density at radius 1 is 1.33 bits per heavy atom. The first-order valence-electron chi connectivity index (χ1n) is 4.93. The maximum absolute atomic E-state index is 11.2. The molecule has 1 aromatic heterocycles. The average molecular weight is 210 g/mol. The van der Waals surface area contributed by atoms with E-state index in [1.807, 2.05) is 18.7 Å². The Morgan fingerprint density at radius 3 is 2.40 bits per heavy atom. The Morgan fingerprint density at radius 2 is 1.93 bits per heavy atom. The molecule has 3 N–H and O–H groups in total. The molecule has 1 rings (SSSR count). The van der Waals surface area contributed by atoms with Gasteiger partial charge in [-0.2, -0.15) is 0 Å². The number of anilines is 1. The van der Waals surface area contributed by atoms with Gasteiger partial charge in [0, 0.05) is 19.2 Å². The first kappa shape index (κ1) is 11.8. The van der Waals surface area contributed by atoms with Gasteiger partial charge in [0.15, 0.2) is 0 Å². The molecule has 0 aliphatic rings. The Labute approximate surface area is 88.5 Å². The summed E-state index contributed by atoms with van der Waals surface area (Å²) in [6, 6.07) is 2.75. The van der Waals surface area contributed by atoms with Gasteiger partial charge in [-0.1, -0.05) is 0 Å². The molecule has 0 aliphatic heterocycles. The van der Waals surface area contributed by atoms with Crippen LogP contribution in [0.25, 0.3) is 0 Å². The SMILES string of the molecule is CCN(CC)c1cc(B(O)O)cc(=O)[nH]1. The zero-order valence-electron chi connectivity index (χ0n) is 8.90. The Kier molecular flexibility index (Phi) is 3.93. The zero-order chi connectivity index (χ0) is 11.4. The maximum Gasteiger partial charge on any atom is 0.488 e. The van der Waals surface area contributed by atoms with E-state index in [2.05, 4.69) is 4.98 Å². The Balaban J connectivity index is 3.13. The van der Waals surface area contributed by atoms with Gasteiger partial charge in [0.2, 0.25) is 5.56 Å². The van der Waals surface area contributed by atoms with Gasteiger partial charge in [0.1, 0.15) is 5.82 Å². The topological polar surface area (TPSA) is 76.6 Å². The van der Waals surface area contributed by atoms with Gasteiger partial charge >= 0.3 is 7.12 Å². The summed E-state index contributed by atoms with van der Waals surface area (Å²) in [5, 5.41) is 18.0. The Hall–Kier alpha value is -1.27. The summed E-state index contributed by atoms with van der Waals surface area (Å²) in [5.41, 5.74) is -0.122. The molecular formula is C9H15BN2O3. The predicted molar refractivity (Wildman–Crippen MR) is 60.4 cm³/mol. The van der Waals surface area contributed by atoms with Crippen molar-refractivity contribution < 1.29 is 10.0 Å². The van der Waals surface area contributed by atoms with Gasteiger partial charge in [-0.15, -0.1) is 0 Å². The average Bonchev–Trinajstić information content (AvgIpc) is 2.18. The quantitative estimate of drug-likeness (QED) is 0.551. The summed E-state index contributed by atoms with van der Waals surface area (Å²) < 4.78 is 0. The highest BCUT2D eigenvalue weighted by molar-refractivity contribution is 6.58. The fraction of sp³-hybridized carbons (Fsp3) is 0.444. The third-order valence-corrected chi connectivity index (χ3v) is 2.25. The number of nitrogens with zero attached hydrogens (tertiary/aromatic N) is 1. The van der Waals surface area contributed by atoms with E-state index >= 15 is 0 Å². The summed E-state index contributed by atoms with van der Waals surface area (Å²) in [5.74, 6) is 0.607. The number of aromatic amines is 1. The minimum absolute atomic E-state index is 0.209. The molecule has 1 aromatic rings. The van der Waals surface area contributed by atoms with Crippen molar-refractivity contribution in [2.45, 2.75) is 13.8 Å². The summed E-state index contributed by atoms with van der Waals surface area (Å²) in [6.07, 6.45) is 0. The number of hydrogen-bond acceptors (Lipinski definition) is 4. The molecule has 5 nitrogen and oxygen atoms in total. The van der Waals surface area contributed by atoms with Crippen LogP contribution in [-0.4, -0.2) is 35.2 Å². The van der Waals surface area contributed by atoms with Crippen molar-refractivity contribution >= 4 is 18.4 Å². The van der Waals surface area contributed by atoms with E-state index in [0.717, 1.165) is 13.1 Å². The number of pyridine rings is 1. The van der Waals surface area contributed by atoms with E-state index in [9.17, 15) is 4.79 Å². The van der Waals surface area contributed by atoms with E-state index in [-0.39, 0.29) is 11.0 Å². The number of rotatable bonds is 4. The van der Waals surface area contributed by atoms with Gasteiger partial charge in [0.25, 0.3) is 0 Å². The van der Waals surface area contributed by atoms with Crippen LogP contribution in [0.3, 0.4) is 0 Å². The van der Waals surface area contributed by atoms with Gasteiger partial charge < -0.3 is 19.9 Å². The molecule has 0 saturated heterocycles. The summed E-state index contributed by atoms with van der Waals surface area (Å²) in [4.78, 5) is 15.8. The van der Waals surface area contributed by atoms with Crippen LogP contribution in [-0.2, 0) is 0 Å². The lowest BCUT2D eigenvalue weighted by atomic mass is 9.81. The number of aromatic nitrogens is 1. The monoisotopic (exact) mass is 210 g/mol. The molecule has 0 unspecified atom stereocenters. The highest BCUT2D eigenvalue weighted by atomic mass is 16.4. The zero-order valence-corrected chi connectivity index (χ0v) is 8.90. The molecule has 1 heterocycles. The van der Waals surface area contributed by atoms with Gasteiger partial charge in [-0.05, 0) is 25.4 Å². The molecule has 0 atom stereocenters. The van der Waals surface area contributed by atoms with Crippen molar-refractivity contribution in [1.29, 1.82) is 0 Å². The van der Waals surface area contributed by atoms with E-state index in [1.165, 1.54) is 6.07 Å². The second-order valence-electron chi connectivity index (χ2n) is 3.21. The number of H-pyrrole nitrogens is 1. The largest absolute Gasteiger partial charge is 0.488 e. The molecule has 0 fully saturated rings. The number of hydrogen-bond donors (Lipinski definition) is 3. The standard InChI is InChI=1S/C9H15BN2O3/c1-3-12(4-2)8-5-7(10(14)15)6-9(13)11-8/h5-6,14-15H,3-4H2,1-2H3,(H,11,13). The molecule has 6 heteroatoms. The van der Waals surface area contributed by atoms with Crippen molar-refractivity contribution in [3.63, 3.8) is 0 Å². The van der Waals surface area contributed by atoms with Crippen LogP contribution >= 0.6 is 0 Å². The number of nitrogens with one attached hydrogen (secondary N) is 1. The van der Waals surface area contributed by atoms with Crippen LogP contribution in [0.1, 0.15) is 13.8 Å². The summed E-state index contributed by atoms with van der Waals surface area (Å²) in [6.45, 7) is 5.42. The molecule has 0 saturated carbocycles. The Bertz CT molecular complexity index is 374. The molecule has 82 valence electrons.